The average Bonchev–Trinajstić information content (AvgIpc) is 3.06. The molecule has 5 nitrogen and oxygen atoms in total. The van der Waals surface area contributed by atoms with E-state index in [-0.39, 0.29) is 11.5 Å². The monoisotopic (exact) mass is 419 g/mol. The van der Waals surface area contributed by atoms with E-state index in [2.05, 4.69) is 16.7 Å². The number of hydrogen-bond donors (Lipinski definition) is 2. The van der Waals surface area contributed by atoms with Gasteiger partial charge in [0.25, 0.3) is 0 Å². The lowest BCUT2D eigenvalue weighted by Gasteiger charge is -2.06. The van der Waals surface area contributed by atoms with E-state index in [1.165, 1.54) is 23.6 Å². The number of aromatic hydroxyl groups is 2. The largest absolute Gasteiger partial charge is 0.504 e. The second kappa shape index (κ2) is 8.43. The van der Waals surface area contributed by atoms with Crippen molar-refractivity contribution < 1.29 is 10.2 Å². The van der Waals surface area contributed by atoms with Gasteiger partial charge in [-0.15, -0.1) is 17.9 Å². The van der Waals surface area contributed by atoms with E-state index in [0.717, 1.165) is 11.3 Å². The van der Waals surface area contributed by atoms with Gasteiger partial charge in [0.2, 0.25) is 4.80 Å². The van der Waals surface area contributed by atoms with Gasteiger partial charge in [-0.3, -0.25) is 4.99 Å². The third-order valence-electron chi connectivity index (χ3n) is 3.61. The topological polar surface area (TPSA) is 70.1 Å². The Morgan fingerprint density at radius 2 is 1.96 bits per heavy atom. The summed E-state index contributed by atoms with van der Waals surface area (Å²) < 4.78 is 1.64. The van der Waals surface area contributed by atoms with Crippen molar-refractivity contribution in [3.05, 3.63) is 74.8 Å². The maximum atomic E-state index is 9.97. The molecule has 0 saturated carbocycles. The van der Waals surface area contributed by atoms with Crippen LogP contribution >= 0.6 is 34.5 Å². The highest BCUT2D eigenvalue weighted by atomic mass is 35.5. The number of phenols is 2. The third-order valence-corrected chi connectivity index (χ3v) is 5.21. The predicted octanol–water partition coefficient (Wildman–Crippen LogP) is 4.90. The zero-order chi connectivity index (χ0) is 19.4. The van der Waals surface area contributed by atoms with Crippen LogP contribution in [-0.4, -0.2) is 27.6 Å². The summed E-state index contributed by atoms with van der Waals surface area (Å²) in [5.41, 5.74) is 1.96. The molecule has 0 radical (unpaired) electrons. The van der Waals surface area contributed by atoms with E-state index >= 15 is 0 Å². The van der Waals surface area contributed by atoms with E-state index < -0.39 is 0 Å². The van der Waals surface area contributed by atoms with Crippen molar-refractivity contribution in [1.82, 2.24) is 4.68 Å². The molecule has 0 aliphatic heterocycles. The number of hydrogen-bond acceptors (Lipinski definition) is 5. The normalized spacial score (nSPS) is 12.0. The van der Waals surface area contributed by atoms with Crippen molar-refractivity contribution in [3.63, 3.8) is 0 Å². The summed E-state index contributed by atoms with van der Waals surface area (Å²) in [7, 11) is 0. The molecule has 0 bridgehead atoms. The minimum absolute atomic E-state index is 0.212. The highest BCUT2D eigenvalue weighted by Crippen LogP contribution is 2.29. The van der Waals surface area contributed by atoms with Crippen molar-refractivity contribution in [2.75, 3.05) is 6.54 Å². The summed E-state index contributed by atoms with van der Waals surface area (Å²) in [5.74, 6) is -0.451. The van der Waals surface area contributed by atoms with Gasteiger partial charge in [0, 0.05) is 16.5 Å². The molecule has 0 aliphatic carbocycles. The summed E-state index contributed by atoms with van der Waals surface area (Å²) in [5, 5.41) is 26.9. The SMILES string of the molecule is C=CCN=c1scc(-c2ccc(Cl)c(Cl)c2)n1N=Cc1cccc(O)c1O. The summed E-state index contributed by atoms with van der Waals surface area (Å²) in [4.78, 5) is 5.09. The number of para-hydroxylation sites is 1. The van der Waals surface area contributed by atoms with Gasteiger partial charge in [-0.1, -0.05) is 41.4 Å². The average molecular weight is 420 g/mol. The van der Waals surface area contributed by atoms with Crippen molar-refractivity contribution >= 4 is 40.8 Å². The first-order valence-electron chi connectivity index (χ1n) is 7.84. The minimum Gasteiger partial charge on any atom is -0.504 e. The molecule has 27 heavy (non-hydrogen) atoms. The predicted molar refractivity (Wildman–Crippen MR) is 111 cm³/mol. The molecule has 1 heterocycles. The quantitative estimate of drug-likeness (QED) is 0.350. The van der Waals surface area contributed by atoms with Crippen LogP contribution < -0.4 is 4.80 Å². The number of aromatic nitrogens is 1. The molecule has 0 aliphatic rings. The highest BCUT2D eigenvalue weighted by Gasteiger charge is 2.10. The fourth-order valence-electron chi connectivity index (χ4n) is 2.29. The van der Waals surface area contributed by atoms with Gasteiger partial charge >= 0.3 is 0 Å². The second-order valence-corrected chi connectivity index (χ2v) is 7.08. The van der Waals surface area contributed by atoms with Crippen molar-refractivity contribution in [3.8, 4) is 22.8 Å². The Bertz CT molecular complexity index is 1090. The fraction of sp³-hybridized carbons (Fsp3) is 0.0526. The molecule has 0 saturated heterocycles. The number of rotatable bonds is 5. The van der Waals surface area contributed by atoms with Crippen LogP contribution in [0, 0.1) is 0 Å². The molecule has 2 N–H and O–H groups in total. The Kier molecular flexibility index (Phi) is 6.01. The summed E-state index contributed by atoms with van der Waals surface area (Å²) in [6, 6.07) is 9.97. The molecule has 2 aromatic carbocycles. The van der Waals surface area contributed by atoms with Crippen LogP contribution in [0.2, 0.25) is 10.0 Å². The van der Waals surface area contributed by atoms with Gasteiger partial charge in [0.1, 0.15) is 0 Å². The van der Waals surface area contributed by atoms with Crippen LogP contribution in [0.3, 0.4) is 0 Å². The lowest BCUT2D eigenvalue weighted by atomic mass is 10.2. The van der Waals surface area contributed by atoms with Crippen molar-refractivity contribution in [2.24, 2.45) is 10.1 Å². The Balaban J connectivity index is 2.12. The standard InChI is InChI=1S/C19H15Cl2N3O2S/c1-2-8-22-19-24(23-10-13-4-3-5-17(25)18(13)26)16(11-27-19)12-6-7-14(20)15(21)9-12/h2-7,9-11,25-26H,1,8H2. The summed E-state index contributed by atoms with van der Waals surface area (Å²) in [6.45, 7) is 4.12. The Labute approximate surface area is 169 Å². The molecule has 0 fully saturated rings. The van der Waals surface area contributed by atoms with E-state index in [0.29, 0.717) is 27.0 Å². The molecule has 3 rings (SSSR count). The summed E-state index contributed by atoms with van der Waals surface area (Å²) in [6.07, 6.45) is 3.14. The maximum Gasteiger partial charge on any atom is 0.206 e. The van der Waals surface area contributed by atoms with Gasteiger partial charge in [0.15, 0.2) is 11.5 Å². The zero-order valence-corrected chi connectivity index (χ0v) is 16.3. The molecule has 3 aromatic rings. The summed E-state index contributed by atoms with van der Waals surface area (Å²) >= 11 is 13.6. The number of thiazole rings is 1. The maximum absolute atomic E-state index is 9.97. The van der Waals surface area contributed by atoms with Crippen molar-refractivity contribution in [1.29, 1.82) is 0 Å². The lowest BCUT2D eigenvalue weighted by molar-refractivity contribution is 0.403. The first-order valence-corrected chi connectivity index (χ1v) is 9.47. The van der Waals surface area contributed by atoms with Gasteiger partial charge in [-0.2, -0.15) is 5.10 Å². The van der Waals surface area contributed by atoms with Gasteiger partial charge in [-0.05, 0) is 24.3 Å². The molecular weight excluding hydrogens is 405 g/mol. The van der Waals surface area contributed by atoms with Crippen LogP contribution in [0.15, 0.2) is 64.5 Å². The molecule has 1 aromatic heterocycles. The van der Waals surface area contributed by atoms with Gasteiger partial charge in [-0.25, -0.2) is 4.68 Å². The van der Waals surface area contributed by atoms with E-state index in [4.69, 9.17) is 23.2 Å². The number of nitrogens with zero attached hydrogens (tertiary/aromatic N) is 3. The van der Waals surface area contributed by atoms with Crippen LogP contribution in [0.1, 0.15) is 5.56 Å². The van der Waals surface area contributed by atoms with Crippen LogP contribution in [0.4, 0.5) is 0 Å². The number of benzene rings is 2. The molecule has 0 spiro atoms. The van der Waals surface area contributed by atoms with E-state index in [1.54, 1.807) is 35.0 Å². The van der Waals surface area contributed by atoms with Gasteiger partial charge in [0.05, 0.1) is 28.5 Å². The van der Waals surface area contributed by atoms with Crippen LogP contribution in [-0.2, 0) is 0 Å². The Morgan fingerprint density at radius 3 is 2.70 bits per heavy atom. The lowest BCUT2D eigenvalue weighted by Crippen LogP contribution is -2.12. The molecule has 0 atom stereocenters. The second-order valence-electron chi connectivity index (χ2n) is 5.43. The fourth-order valence-corrected chi connectivity index (χ4v) is 3.43. The number of halogens is 2. The molecule has 0 amide bonds. The minimum atomic E-state index is -0.238. The van der Waals surface area contributed by atoms with Crippen LogP contribution in [0.25, 0.3) is 11.3 Å². The Morgan fingerprint density at radius 1 is 1.15 bits per heavy atom. The molecule has 138 valence electrons. The van der Waals surface area contributed by atoms with Gasteiger partial charge < -0.3 is 10.2 Å². The Hall–Kier alpha value is -2.54. The molecular formula is C19H15Cl2N3O2S. The molecule has 0 unspecified atom stereocenters. The molecule has 8 heteroatoms. The third kappa shape index (κ3) is 4.24. The first kappa shape index (κ1) is 19.2. The zero-order valence-electron chi connectivity index (χ0n) is 14.0. The first-order chi connectivity index (χ1) is 13.0. The smallest absolute Gasteiger partial charge is 0.206 e. The van der Waals surface area contributed by atoms with E-state index in [9.17, 15) is 10.2 Å². The highest BCUT2D eigenvalue weighted by molar-refractivity contribution is 7.07. The van der Waals surface area contributed by atoms with Crippen LogP contribution in [0.5, 0.6) is 11.5 Å². The van der Waals surface area contributed by atoms with E-state index in [1.807, 2.05) is 11.4 Å². The van der Waals surface area contributed by atoms with Crippen molar-refractivity contribution in [2.45, 2.75) is 0 Å². The number of phenolic OH excluding ortho intramolecular Hbond substituents is 2.